The molecule has 0 spiro atoms. The lowest BCUT2D eigenvalue weighted by molar-refractivity contribution is 0.0455. The number of aliphatic hydroxyl groups is 1. The highest BCUT2D eigenvalue weighted by Crippen LogP contribution is 2.41. The summed E-state index contributed by atoms with van der Waals surface area (Å²) in [6, 6.07) is 0. The Morgan fingerprint density at radius 3 is 2.47 bits per heavy atom. The molecule has 1 aromatic heterocycles. The summed E-state index contributed by atoms with van der Waals surface area (Å²) in [5, 5.41) is 10.3. The van der Waals surface area contributed by atoms with Gasteiger partial charge in [0.1, 0.15) is 0 Å². The molecule has 0 amide bonds. The Hall–Kier alpha value is -0.830. The van der Waals surface area contributed by atoms with Crippen LogP contribution in [0.15, 0.2) is 18.7 Å². The van der Waals surface area contributed by atoms with Gasteiger partial charge in [0.2, 0.25) is 0 Å². The van der Waals surface area contributed by atoms with Crippen molar-refractivity contribution in [1.82, 2.24) is 9.55 Å². The summed E-state index contributed by atoms with van der Waals surface area (Å²) in [5.74, 6) is 1.33. The van der Waals surface area contributed by atoms with E-state index < -0.39 is 0 Å². The maximum Gasteiger partial charge on any atom is 0.0945 e. The highest BCUT2D eigenvalue weighted by molar-refractivity contribution is 4.83. The quantitative estimate of drug-likeness (QED) is 0.904. The van der Waals surface area contributed by atoms with Crippen molar-refractivity contribution in [3.8, 4) is 0 Å². The van der Waals surface area contributed by atoms with Crippen LogP contribution in [0.25, 0.3) is 0 Å². The van der Waals surface area contributed by atoms with Crippen LogP contribution in [0.1, 0.15) is 52.9 Å². The van der Waals surface area contributed by atoms with Gasteiger partial charge in [-0.15, -0.1) is 0 Å². The Morgan fingerprint density at radius 1 is 1.26 bits per heavy atom. The molecule has 108 valence electrons. The fourth-order valence-electron chi connectivity index (χ4n) is 3.31. The van der Waals surface area contributed by atoms with Crippen LogP contribution in [-0.2, 0) is 6.54 Å². The molecule has 0 saturated heterocycles. The van der Waals surface area contributed by atoms with E-state index in [0.29, 0.717) is 11.3 Å². The second-order valence-corrected chi connectivity index (χ2v) is 7.13. The molecule has 0 bridgehead atoms. The summed E-state index contributed by atoms with van der Waals surface area (Å²) in [6.45, 7) is 7.90. The third-order valence-corrected chi connectivity index (χ3v) is 4.78. The smallest absolute Gasteiger partial charge is 0.0945 e. The summed E-state index contributed by atoms with van der Waals surface area (Å²) in [6.07, 6.45) is 11.2. The number of imidazole rings is 1. The molecule has 1 heterocycles. The van der Waals surface area contributed by atoms with E-state index in [1.54, 1.807) is 6.20 Å². The predicted molar refractivity (Wildman–Crippen MR) is 77.8 cm³/mol. The first-order chi connectivity index (χ1) is 8.97. The largest absolute Gasteiger partial charge is 0.393 e. The molecule has 1 aromatic rings. The summed E-state index contributed by atoms with van der Waals surface area (Å²) >= 11 is 0. The van der Waals surface area contributed by atoms with E-state index in [1.807, 2.05) is 17.1 Å². The van der Waals surface area contributed by atoms with Crippen LogP contribution in [-0.4, -0.2) is 20.8 Å². The minimum absolute atomic E-state index is 0.150. The normalized spacial score (nSPS) is 26.3. The molecule has 19 heavy (non-hydrogen) atoms. The molecule has 1 aliphatic carbocycles. The fraction of sp³-hybridized carbons (Fsp3) is 0.812. The van der Waals surface area contributed by atoms with Gasteiger partial charge in [0.15, 0.2) is 0 Å². The topological polar surface area (TPSA) is 38.0 Å². The number of aliphatic hydroxyl groups excluding tert-OH is 1. The van der Waals surface area contributed by atoms with Gasteiger partial charge >= 0.3 is 0 Å². The number of rotatable bonds is 4. The average Bonchev–Trinajstić information content (AvgIpc) is 2.88. The van der Waals surface area contributed by atoms with Crippen molar-refractivity contribution in [1.29, 1.82) is 0 Å². The maximum atomic E-state index is 10.3. The zero-order valence-corrected chi connectivity index (χ0v) is 12.5. The molecule has 0 aliphatic heterocycles. The van der Waals surface area contributed by atoms with E-state index in [-0.39, 0.29) is 6.10 Å². The van der Waals surface area contributed by atoms with Crippen LogP contribution in [0, 0.1) is 17.3 Å². The standard InChI is InChI=1S/C16H28N2O/c1-16(2,3)14-6-4-13(5-7-14)15(19)8-10-18-11-9-17-12-18/h9,11-15,19H,4-8,10H2,1-3H3. The number of aromatic nitrogens is 2. The Morgan fingerprint density at radius 2 is 1.95 bits per heavy atom. The van der Waals surface area contributed by atoms with Crippen molar-refractivity contribution in [2.45, 2.75) is 65.5 Å². The van der Waals surface area contributed by atoms with Gasteiger partial charge in [0.05, 0.1) is 12.4 Å². The van der Waals surface area contributed by atoms with E-state index in [2.05, 4.69) is 25.8 Å². The second kappa shape index (κ2) is 6.08. The van der Waals surface area contributed by atoms with Crippen molar-refractivity contribution in [2.24, 2.45) is 17.3 Å². The van der Waals surface area contributed by atoms with Gasteiger partial charge in [-0.25, -0.2) is 4.98 Å². The van der Waals surface area contributed by atoms with Crippen molar-refractivity contribution in [2.75, 3.05) is 0 Å². The molecule has 2 rings (SSSR count). The Labute approximate surface area is 117 Å². The Bertz CT molecular complexity index is 359. The summed E-state index contributed by atoms with van der Waals surface area (Å²) in [7, 11) is 0. The number of nitrogens with zero attached hydrogens (tertiary/aromatic N) is 2. The molecule has 1 unspecified atom stereocenters. The Balaban J connectivity index is 1.74. The van der Waals surface area contributed by atoms with Gasteiger partial charge in [-0.1, -0.05) is 20.8 Å². The van der Waals surface area contributed by atoms with E-state index in [4.69, 9.17) is 0 Å². The third-order valence-electron chi connectivity index (χ3n) is 4.78. The van der Waals surface area contributed by atoms with Gasteiger partial charge in [-0.05, 0) is 49.4 Å². The van der Waals surface area contributed by atoms with E-state index in [0.717, 1.165) is 18.9 Å². The minimum Gasteiger partial charge on any atom is -0.393 e. The molecule has 1 N–H and O–H groups in total. The minimum atomic E-state index is -0.150. The lowest BCUT2D eigenvalue weighted by atomic mass is 9.68. The third kappa shape index (κ3) is 4.07. The molecule has 1 atom stereocenters. The van der Waals surface area contributed by atoms with Gasteiger partial charge in [0.25, 0.3) is 0 Å². The second-order valence-electron chi connectivity index (χ2n) is 7.13. The monoisotopic (exact) mass is 264 g/mol. The maximum absolute atomic E-state index is 10.3. The molecular formula is C16H28N2O. The molecule has 1 saturated carbocycles. The van der Waals surface area contributed by atoms with Crippen molar-refractivity contribution in [3.63, 3.8) is 0 Å². The van der Waals surface area contributed by atoms with Crippen LogP contribution in [0.5, 0.6) is 0 Å². The van der Waals surface area contributed by atoms with Gasteiger partial charge in [-0.2, -0.15) is 0 Å². The van der Waals surface area contributed by atoms with E-state index in [1.165, 1.54) is 25.7 Å². The van der Waals surface area contributed by atoms with Gasteiger partial charge < -0.3 is 9.67 Å². The van der Waals surface area contributed by atoms with Crippen LogP contribution >= 0.6 is 0 Å². The zero-order chi connectivity index (χ0) is 13.9. The first-order valence-electron chi connectivity index (χ1n) is 7.60. The Kier molecular flexibility index (Phi) is 4.67. The first-order valence-corrected chi connectivity index (χ1v) is 7.60. The van der Waals surface area contributed by atoms with Crippen LogP contribution in [0.4, 0.5) is 0 Å². The number of aryl methyl sites for hydroxylation is 1. The zero-order valence-electron chi connectivity index (χ0n) is 12.5. The molecule has 1 aliphatic rings. The molecular weight excluding hydrogens is 236 g/mol. The highest BCUT2D eigenvalue weighted by Gasteiger charge is 2.32. The van der Waals surface area contributed by atoms with Crippen molar-refractivity contribution >= 4 is 0 Å². The molecule has 3 nitrogen and oxygen atoms in total. The molecule has 0 radical (unpaired) electrons. The van der Waals surface area contributed by atoms with Gasteiger partial charge in [-0.3, -0.25) is 0 Å². The number of hydrogen-bond acceptors (Lipinski definition) is 2. The average molecular weight is 264 g/mol. The van der Waals surface area contributed by atoms with Crippen LogP contribution in [0.2, 0.25) is 0 Å². The van der Waals surface area contributed by atoms with E-state index in [9.17, 15) is 5.11 Å². The van der Waals surface area contributed by atoms with Crippen molar-refractivity contribution in [3.05, 3.63) is 18.7 Å². The first kappa shape index (κ1) is 14.6. The van der Waals surface area contributed by atoms with Gasteiger partial charge in [0, 0.05) is 18.9 Å². The molecule has 0 aromatic carbocycles. The summed E-state index contributed by atoms with van der Waals surface area (Å²) in [5.41, 5.74) is 0.423. The fourth-order valence-corrected chi connectivity index (χ4v) is 3.31. The van der Waals surface area contributed by atoms with E-state index >= 15 is 0 Å². The summed E-state index contributed by atoms with van der Waals surface area (Å²) < 4.78 is 2.05. The lowest BCUT2D eigenvalue weighted by Gasteiger charge is -2.38. The molecule has 1 fully saturated rings. The highest BCUT2D eigenvalue weighted by atomic mass is 16.3. The number of hydrogen-bond donors (Lipinski definition) is 1. The summed E-state index contributed by atoms with van der Waals surface area (Å²) in [4.78, 5) is 4.03. The molecule has 3 heteroatoms. The van der Waals surface area contributed by atoms with Crippen LogP contribution in [0.3, 0.4) is 0 Å². The SMILES string of the molecule is CC(C)(C)C1CCC(C(O)CCn2ccnc2)CC1. The van der Waals surface area contributed by atoms with Crippen molar-refractivity contribution < 1.29 is 5.11 Å². The predicted octanol–water partition coefficient (Wildman–Crippen LogP) is 3.49. The van der Waals surface area contributed by atoms with Crippen LogP contribution < -0.4 is 0 Å². The lowest BCUT2D eigenvalue weighted by Crippen LogP contribution is -2.31.